The molecule has 6 nitrogen and oxygen atoms in total. The van der Waals surface area contributed by atoms with Crippen molar-refractivity contribution < 1.29 is 24.2 Å². The van der Waals surface area contributed by atoms with E-state index < -0.39 is 17.9 Å². The molecule has 3 aromatic carbocycles. The van der Waals surface area contributed by atoms with Crippen molar-refractivity contribution in [1.82, 2.24) is 4.90 Å². The SMILES string of the molecule is COC(=O)c1ccc([C@H]2C(c3ccc(C)cc3)=C(O)C(=O)N2Cc2cccc(OC)c2)cc1. The standard InChI is InChI=1S/C27H25NO5/c1-17-7-9-19(10-8-17)23-24(20-11-13-21(14-12-20)27(31)33-3)28(26(30)25(23)29)16-18-5-4-6-22(15-18)32-2/h4-15,24,29H,16H2,1-3H3/t24-/m0/s1. The number of hydrogen-bond acceptors (Lipinski definition) is 5. The van der Waals surface area contributed by atoms with Gasteiger partial charge in [-0.1, -0.05) is 54.1 Å². The van der Waals surface area contributed by atoms with E-state index in [1.54, 1.807) is 36.3 Å². The zero-order valence-corrected chi connectivity index (χ0v) is 18.7. The minimum absolute atomic E-state index is 0.274. The zero-order chi connectivity index (χ0) is 23.5. The third-order valence-corrected chi connectivity index (χ3v) is 5.80. The molecular formula is C27H25NO5. The molecule has 0 saturated carbocycles. The highest BCUT2D eigenvalue weighted by Gasteiger charge is 2.41. The summed E-state index contributed by atoms with van der Waals surface area (Å²) in [7, 11) is 2.92. The number of carbonyl (C=O) groups is 2. The first-order valence-electron chi connectivity index (χ1n) is 10.5. The minimum Gasteiger partial charge on any atom is -0.503 e. The molecule has 1 aliphatic heterocycles. The molecule has 6 heteroatoms. The van der Waals surface area contributed by atoms with Crippen molar-refractivity contribution in [3.63, 3.8) is 0 Å². The van der Waals surface area contributed by atoms with Crippen LogP contribution in [-0.2, 0) is 16.1 Å². The van der Waals surface area contributed by atoms with Crippen LogP contribution in [0.15, 0.2) is 78.6 Å². The second kappa shape index (κ2) is 9.20. The number of carbonyl (C=O) groups excluding carboxylic acids is 2. The number of aryl methyl sites for hydroxylation is 1. The normalized spacial score (nSPS) is 15.7. The third kappa shape index (κ3) is 4.32. The number of hydrogen-bond donors (Lipinski definition) is 1. The van der Waals surface area contributed by atoms with E-state index in [0.717, 1.165) is 22.3 Å². The van der Waals surface area contributed by atoms with Gasteiger partial charge in [0.1, 0.15) is 5.75 Å². The number of aliphatic hydroxyl groups excluding tert-OH is 1. The fraction of sp³-hybridized carbons (Fsp3) is 0.185. The number of aliphatic hydroxyl groups is 1. The van der Waals surface area contributed by atoms with Crippen LogP contribution in [-0.4, -0.2) is 36.1 Å². The van der Waals surface area contributed by atoms with Crippen LogP contribution in [0.5, 0.6) is 5.75 Å². The number of nitrogens with zero attached hydrogens (tertiary/aromatic N) is 1. The van der Waals surface area contributed by atoms with Gasteiger partial charge in [-0.3, -0.25) is 4.79 Å². The Bertz CT molecular complexity index is 1210. The Labute approximate surface area is 192 Å². The molecule has 4 rings (SSSR count). The topological polar surface area (TPSA) is 76.1 Å². The summed E-state index contributed by atoms with van der Waals surface area (Å²) in [5, 5.41) is 10.9. The minimum atomic E-state index is -0.530. The molecule has 0 spiro atoms. The lowest BCUT2D eigenvalue weighted by Gasteiger charge is -2.28. The van der Waals surface area contributed by atoms with E-state index in [4.69, 9.17) is 9.47 Å². The van der Waals surface area contributed by atoms with Gasteiger partial charge in [0, 0.05) is 12.1 Å². The van der Waals surface area contributed by atoms with Gasteiger partial charge in [0.15, 0.2) is 5.76 Å². The lowest BCUT2D eigenvalue weighted by molar-refractivity contribution is -0.130. The van der Waals surface area contributed by atoms with Crippen LogP contribution in [0.25, 0.3) is 5.57 Å². The number of rotatable bonds is 6. The summed E-state index contributed by atoms with van der Waals surface area (Å²) in [6.07, 6.45) is 0. The van der Waals surface area contributed by atoms with Gasteiger partial charge in [0.2, 0.25) is 0 Å². The summed E-state index contributed by atoms with van der Waals surface area (Å²) >= 11 is 0. The second-order valence-electron chi connectivity index (χ2n) is 7.93. The Kier molecular flexibility index (Phi) is 6.18. The van der Waals surface area contributed by atoms with E-state index in [1.807, 2.05) is 55.5 Å². The van der Waals surface area contributed by atoms with Crippen LogP contribution < -0.4 is 4.74 Å². The highest BCUT2D eigenvalue weighted by molar-refractivity contribution is 6.05. The fourth-order valence-corrected chi connectivity index (χ4v) is 4.08. The molecule has 1 atom stereocenters. The molecule has 33 heavy (non-hydrogen) atoms. The molecule has 0 saturated heterocycles. The summed E-state index contributed by atoms with van der Waals surface area (Å²) in [5.41, 5.74) is 4.44. The highest BCUT2D eigenvalue weighted by Crippen LogP contribution is 2.44. The van der Waals surface area contributed by atoms with E-state index in [9.17, 15) is 14.7 Å². The van der Waals surface area contributed by atoms with Crippen LogP contribution in [0.4, 0.5) is 0 Å². The van der Waals surface area contributed by atoms with Crippen LogP contribution in [0.2, 0.25) is 0 Å². The quantitative estimate of drug-likeness (QED) is 0.552. The predicted molar refractivity (Wildman–Crippen MR) is 125 cm³/mol. The van der Waals surface area contributed by atoms with Crippen molar-refractivity contribution in [1.29, 1.82) is 0 Å². The summed E-state index contributed by atoms with van der Waals surface area (Å²) in [6.45, 7) is 2.26. The third-order valence-electron chi connectivity index (χ3n) is 5.80. The Morgan fingerprint density at radius 3 is 2.33 bits per heavy atom. The Morgan fingerprint density at radius 2 is 1.70 bits per heavy atom. The summed E-state index contributed by atoms with van der Waals surface area (Å²) in [4.78, 5) is 26.7. The summed E-state index contributed by atoms with van der Waals surface area (Å²) in [5.74, 6) is -0.470. The van der Waals surface area contributed by atoms with Crippen molar-refractivity contribution in [2.24, 2.45) is 0 Å². The van der Waals surface area contributed by atoms with Gasteiger partial charge in [-0.05, 0) is 47.9 Å². The molecule has 0 fully saturated rings. The number of ether oxygens (including phenoxy) is 2. The maximum Gasteiger partial charge on any atom is 0.337 e. The molecule has 3 aromatic rings. The monoisotopic (exact) mass is 443 g/mol. The van der Waals surface area contributed by atoms with E-state index in [2.05, 4.69) is 0 Å². The molecule has 168 valence electrons. The lowest BCUT2D eigenvalue weighted by atomic mass is 9.92. The first kappa shape index (κ1) is 22.1. The smallest absolute Gasteiger partial charge is 0.337 e. The average molecular weight is 443 g/mol. The van der Waals surface area contributed by atoms with Crippen molar-refractivity contribution in [3.8, 4) is 5.75 Å². The Morgan fingerprint density at radius 1 is 1.00 bits per heavy atom. The van der Waals surface area contributed by atoms with Crippen LogP contribution in [0.3, 0.4) is 0 Å². The van der Waals surface area contributed by atoms with Crippen molar-refractivity contribution in [2.45, 2.75) is 19.5 Å². The molecule has 0 aliphatic carbocycles. The second-order valence-corrected chi connectivity index (χ2v) is 7.93. The van der Waals surface area contributed by atoms with Gasteiger partial charge in [-0.25, -0.2) is 4.79 Å². The van der Waals surface area contributed by atoms with Crippen LogP contribution in [0.1, 0.15) is 38.7 Å². The average Bonchev–Trinajstić information content (AvgIpc) is 3.09. The maximum absolute atomic E-state index is 13.2. The largest absolute Gasteiger partial charge is 0.503 e. The first-order valence-corrected chi connectivity index (χ1v) is 10.5. The van der Waals surface area contributed by atoms with Crippen LogP contribution >= 0.6 is 0 Å². The molecule has 0 unspecified atom stereocenters. The van der Waals surface area contributed by atoms with Gasteiger partial charge in [0.05, 0.1) is 25.8 Å². The fourth-order valence-electron chi connectivity index (χ4n) is 4.08. The highest BCUT2D eigenvalue weighted by atomic mass is 16.5. The molecule has 0 radical (unpaired) electrons. The number of amides is 1. The molecule has 1 amide bonds. The van der Waals surface area contributed by atoms with Crippen molar-refractivity contribution in [3.05, 3.63) is 106 Å². The van der Waals surface area contributed by atoms with E-state index in [1.165, 1.54) is 7.11 Å². The zero-order valence-electron chi connectivity index (χ0n) is 18.7. The molecule has 0 bridgehead atoms. The molecule has 1 N–H and O–H groups in total. The lowest BCUT2D eigenvalue weighted by Crippen LogP contribution is -2.29. The van der Waals surface area contributed by atoms with Gasteiger partial charge in [0.25, 0.3) is 5.91 Å². The predicted octanol–water partition coefficient (Wildman–Crippen LogP) is 4.84. The maximum atomic E-state index is 13.2. The Hall–Kier alpha value is -4.06. The van der Waals surface area contributed by atoms with E-state index >= 15 is 0 Å². The summed E-state index contributed by atoms with van der Waals surface area (Å²) in [6, 6.07) is 21.6. The van der Waals surface area contributed by atoms with Crippen molar-refractivity contribution >= 4 is 17.4 Å². The van der Waals surface area contributed by atoms with Crippen molar-refractivity contribution in [2.75, 3.05) is 14.2 Å². The van der Waals surface area contributed by atoms with Gasteiger partial charge in [-0.2, -0.15) is 0 Å². The van der Waals surface area contributed by atoms with Gasteiger partial charge < -0.3 is 19.5 Å². The number of benzene rings is 3. The molecule has 1 aliphatic rings. The Balaban J connectivity index is 1.79. The van der Waals surface area contributed by atoms with E-state index in [0.29, 0.717) is 16.9 Å². The summed E-state index contributed by atoms with van der Waals surface area (Å²) < 4.78 is 10.1. The van der Waals surface area contributed by atoms with E-state index in [-0.39, 0.29) is 12.3 Å². The van der Waals surface area contributed by atoms with Crippen LogP contribution in [0, 0.1) is 6.92 Å². The van der Waals surface area contributed by atoms with Gasteiger partial charge >= 0.3 is 5.97 Å². The number of esters is 1. The molecule has 1 heterocycles. The molecular weight excluding hydrogens is 418 g/mol. The number of methoxy groups -OCH3 is 2. The first-order chi connectivity index (χ1) is 15.9. The molecule has 0 aromatic heterocycles. The van der Waals surface area contributed by atoms with Gasteiger partial charge in [-0.15, -0.1) is 0 Å².